The number of para-hydroxylation sites is 1. The van der Waals surface area contributed by atoms with Crippen LogP contribution in [0.4, 0.5) is 0 Å². The lowest BCUT2D eigenvalue weighted by atomic mass is 9.97. The highest BCUT2D eigenvalue weighted by Gasteiger charge is 2.24. The average Bonchev–Trinajstić information content (AvgIpc) is 2.53. The molecule has 0 aromatic heterocycles. The summed E-state index contributed by atoms with van der Waals surface area (Å²) in [7, 11) is 0. The van der Waals surface area contributed by atoms with E-state index in [4.69, 9.17) is 9.84 Å². The molecule has 0 radical (unpaired) electrons. The highest BCUT2D eigenvalue weighted by atomic mass is 16.5. The van der Waals surface area contributed by atoms with Crippen molar-refractivity contribution >= 4 is 5.97 Å². The summed E-state index contributed by atoms with van der Waals surface area (Å²) in [5.41, 5.74) is 1.20. The van der Waals surface area contributed by atoms with E-state index in [0.717, 1.165) is 51.3 Å². The quantitative estimate of drug-likeness (QED) is 0.746. The molecule has 0 bridgehead atoms. The molecule has 0 unspecified atom stereocenters. The van der Waals surface area contributed by atoms with Crippen LogP contribution in [0.5, 0.6) is 5.75 Å². The Kier molecular flexibility index (Phi) is 6.72. The van der Waals surface area contributed by atoms with Crippen molar-refractivity contribution in [3.8, 4) is 5.75 Å². The fraction of sp³-hybridized carbons (Fsp3) is 0.611. The minimum atomic E-state index is -0.653. The predicted octanol–water partition coefficient (Wildman–Crippen LogP) is 3.55. The lowest BCUT2D eigenvalue weighted by molar-refractivity contribution is -0.143. The third-order valence-corrected chi connectivity index (χ3v) is 4.31. The van der Waals surface area contributed by atoms with Gasteiger partial charge in [0.05, 0.1) is 12.5 Å². The van der Waals surface area contributed by atoms with Crippen molar-refractivity contribution in [1.82, 2.24) is 4.90 Å². The normalized spacial score (nSPS) is 16.6. The Labute approximate surface area is 133 Å². The van der Waals surface area contributed by atoms with Crippen molar-refractivity contribution in [1.29, 1.82) is 0 Å². The second-order valence-corrected chi connectivity index (χ2v) is 6.05. The van der Waals surface area contributed by atoms with Gasteiger partial charge in [0.15, 0.2) is 0 Å². The summed E-state index contributed by atoms with van der Waals surface area (Å²) >= 11 is 0. The van der Waals surface area contributed by atoms with Crippen LogP contribution in [-0.2, 0) is 11.3 Å². The van der Waals surface area contributed by atoms with Gasteiger partial charge < -0.3 is 9.84 Å². The zero-order valence-corrected chi connectivity index (χ0v) is 13.5. The van der Waals surface area contributed by atoms with Crippen molar-refractivity contribution in [2.75, 3.05) is 19.7 Å². The third-order valence-electron chi connectivity index (χ3n) is 4.31. The summed E-state index contributed by atoms with van der Waals surface area (Å²) in [5.74, 6) is 0.148. The largest absolute Gasteiger partial charge is 0.493 e. The van der Waals surface area contributed by atoms with Crippen LogP contribution >= 0.6 is 0 Å². The van der Waals surface area contributed by atoms with E-state index in [0.29, 0.717) is 0 Å². The fourth-order valence-electron chi connectivity index (χ4n) is 2.89. The summed E-state index contributed by atoms with van der Waals surface area (Å²) in [6.45, 7) is 5.50. The van der Waals surface area contributed by atoms with Gasteiger partial charge in [0.2, 0.25) is 0 Å². The first-order chi connectivity index (χ1) is 10.7. The number of hydrogen-bond acceptors (Lipinski definition) is 3. The molecule has 1 aromatic carbocycles. The summed E-state index contributed by atoms with van der Waals surface area (Å²) in [5, 5.41) is 9.06. The number of unbranched alkanes of at least 4 members (excludes halogenated alkanes) is 2. The van der Waals surface area contributed by atoms with Crippen molar-refractivity contribution in [3.05, 3.63) is 29.8 Å². The standard InChI is InChI=1S/C18H27NO3/c1-2-3-6-13-22-17-8-5-4-7-16(17)14-19-11-9-15(10-12-19)18(20)21/h4-5,7-8,15H,2-3,6,9-14H2,1H3,(H,20,21). The van der Waals surface area contributed by atoms with Gasteiger partial charge in [-0.3, -0.25) is 9.69 Å². The molecule has 1 aliphatic heterocycles. The number of carboxylic acid groups (broad SMARTS) is 1. The van der Waals surface area contributed by atoms with E-state index < -0.39 is 5.97 Å². The SMILES string of the molecule is CCCCCOc1ccccc1CN1CCC(C(=O)O)CC1. The van der Waals surface area contributed by atoms with Gasteiger partial charge in [0.25, 0.3) is 0 Å². The van der Waals surface area contributed by atoms with E-state index in [9.17, 15) is 4.79 Å². The van der Waals surface area contributed by atoms with Gasteiger partial charge in [-0.25, -0.2) is 0 Å². The molecule has 1 saturated heterocycles. The van der Waals surface area contributed by atoms with E-state index in [-0.39, 0.29) is 5.92 Å². The maximum Gasteiger partial charge on any atom is 0.306 e. The monoisotopic (exact) mass is 305 g/mol. The molecule has 0 saturated carbocycles. The molecule has 2 rings (SSSR count). The van der Waals surface area contributed by atoms with E-state index in [1.807, 2.05) is 18.2 Å². The maximum absolute atomic E-state index is 11.0. The number of benzene rings is 1. The van der Waals surface area contributed by atoms with Crippen molar-refractivity contribution in [2.24, 2.45) is 5.92 Å². The number of piperidine rings is 1. The molecule has 122 valence electrons. The van der Waals surface area contributed by atoms with Gasteiger partial charge in [-0.05, 0) is 38.4 Å². The van der Waals surface area contributed by atoms with Gasteiger partial charge in [-0.1, -0.05) is 38.0 Å². The van der Waals surface area contributed by atoms with Crippen molar-refractivity contribution < 1.29 is 14.6 Å². The highest BCUT2D eigenvalue weighted by Crippen LogP contribution is 2.24. The maximum atomic E-state index is 11.0. The zero-order valence-electron chi connectivity index (χ0n) is 13.5. The molecule has 1 N–H and O–H groups in total. The summed E-state index contributed by atoms with van der Waals surface area (Å²) in [6.07, 6.45) is 4.98. The first-order valence-corrected chi connectivity index (χ1v) is 8.36. The number of hydrogen-bond donors (Lipinski definition) is 1. The van der Waals surface area contributed by atoms with Gasteiger partial charge in [0.1, 0.15) is 5.75 Å². The zero-order chi connectivity index (χ0) is 15.8. The molecule has 0 spiro atoms. The Hall–Kier alpha value is -1.55. The first-order valence-electron chi connectivity index (χ1n) is 8.36. The molecule has 0 atom stereocenters. The second kappa shape index (κ2) is 8.79. The molecule has 1 fully saturated rings. The van der Waals surface area contributed by atoms with Crippen LogP contribution in [0.3, 0.4) is 0 Å². The number of nitrogens with zero attached hydrogens (tertiary/aromatic N) is 1. The van der Waals surface area contributed by atoms with Gasteiger partial charge >= 0.3 is 5.97 Å². The second-order valence-electron chi connectivity index (χ2n) is 6.05. The van der Waals surface area contributed by atoms with E-state index in [2.05, 4.69) is 17.9 Å². The van der Waals surface area contributed by atoms with Crippen LogP contribution in [0, 0.1) is 5.92 Å². The molecule has 1 aromatic rings. The Morgan fingerprint density at radius 2 is 2.00 bits per heavy atom. The molecular formula is C18H27NO3. The van der Waals surface area contributed by atoms with Crippen LogP contribution in [0.1, 0.15) is 44.6 Å². The summed E-state index contributed by atoms with van der Waals surface area (Å²) in [4.78, 5) is 13.3. The predicted molar refractivity (Wildman–Crippen MR) is 87.1 cm³/mol. The molecule has 0 amide bonds. The van der Waals surface area contributed by atoms with Crippen LogP contribution in [-0.4, -0.2) is 35.7 Å². The first kappa shape index (κ1) is 16.8. The molecule has 22 heavy (non-hydrogen) atoms. The van der Waals surface area contributed by atoms with Crippen LogP contribution in [0.25, 0.3) is 0 Å². The molecule has 1 aliphatic rings. The average molecular weight is 305 g/mol. The van der Waals surface area contributed by atoms with Gasteiger partial charge in [-0.2, -0.15) is 0 Å². The van der Waals surface area contributed by atoms with Gasteiger partial charge in [0, 0.05) is 12.1 Å². The van der Waals surface area contributed by atoms with E-state index in [1.165, 1.54) is 18.4 Å². The van der Waals surface area contributed by atoms with Crippen molar-refractivity contribution in [3.63, 3.8) is 0 Å². The van der Waals surface area contributed by atoms with Crippen LogP contribution in [0.15, 0.2) is 24.3 Å². The summed E-state index contributed by atoms with van der Waals surface area (Å²) < 4.78 is 5.92. The van der Waals surface area contributed by atoms with E-state index in [1.54, 1.807) is 0 Å². The number of carbonyl (C=O) groups is 1. The highest BCUT2D eigenvalue weighted by molar-refractivity contribution is 5.70. The number of rotatable bonds is 8. The molecular weight excluding hydrogens is 278 g/mol. The third kappa shape index (κ3) is 5.02. The van der Waals surface area contributed by atoms with Gasteiger partial charge in [-0.15, -0.1) is 0 Å². The van der Waals surface area contributed by atoms with E-state index >= 15 is 0 Å². The molecule has 4 heteroatoms. The Morgan fingerprint density at radius 1 is 1.27 bits per heavy atom. The fourth-order valence-corrected chi connectivity index (χ4v) is 2.89. The van der Waals surface area contributed by atoms with Crippen LogP contribution in [0.2, 0.25) is 0 Å². The summed E-state index contributed by atoms with van der Waals surface area (Å²) in [6, 6.07) is 8.19. The topological polar surface area (TPSA) is 49.8 Å². The Balaban J connectivity index is 1.86. The molecule has 0 aliphatic carbocycles. The lowest BCUT2D eigenvalue weighted by Gasteiger charge is -2.30. The number of carboxylic acids is 1. The Bertz CT molecular complexity index is 467. The smallest absolute Gasteiger partial charge is 0.306 e. The van der Waals surface area contributed by atoms with Crippen LogP contribution < -0.4 is 4.74 Å². The minimum Gasteiger partial charge on any atom is -0.493 e. The molecule has 4 nitrogen and oxygen atoms in total. The number of aliphatic carboxylic acids is 1. The Morgan fingerprint density at radius 3 is 2.68 bits per heavy atom. The molecule has 1 heterocycles. The number of ether oxygens (including phenoxy) is 1. The number of likely N-dealkylation sites (tertiary alicyclic amines) is 1. The lowest BCUT2D eigenvalue weighted by Crippen LogP contribution is -2.35. The van der Waals surface area contributed by atoms with Crippen molar-refractivity contribution in [2.45, 2.75) is 45.6 Å². The minimum absolute atomic E-state index is 0.170.